The van der Waals surface area contributed by atoms with Crippen molar-refractivity contribution in [2.24, 2.45) is 0 Å². The minimum absolute atomic E-state index is 0.106. The van der Waals surface area contributed by atoms with Crippen molar-refractivity contribution in [3.8, 4) is 0 Å². The second kappa shape index (κ2) is 6.23. The topological polar surface area (TPSA) is 83.1 Å². The van der Waals surface area contributed by atoms with E-state index in [9.17, 15) is 4.79 Å². The summed E-state index contributed by atoms with van der Waals surface area (Å²) in [7, 11) is 0. The van der Waals surface area contributed by atoms with Gasteiger partial charge in [0.1, 0.15) is 11.0 Å². The third-order valence-electron chi connectivity index (χ3n) is 3.30. The van der Waals surface area contributed by atoms with Gasteiger partial charge in [-0.1, -0.05) is 0 Å². The first-order valence-electron chi connectivity index (χ1n) is 6.76. The standard InChI is InChI=1S/C13H17N5O2S/c1-9-8-21-12(16-9)11-7-20-5-4-18(11)13(19)14-6-10-2-3-15-17-10/h2-3,8,11H,4-7H2,1H3,(H,14,19)(H,15,17)/t11-/m0/s1. The molecule has 1 fully saturated rings. The first-order chi connectivity index (χ1) is 10.2. The number of hydrogen-bond acceptors (Lipinski definition) is 5. The van der Waals surface area contributed by atoms with Gasteiger partial charge in [0.25, 0.3) is 0 Å². The number of nitrogens with one attached hydrogen (secondary N) is 2. The highest BCUT2D eigenvalue weighted by Crippen LogP contribution is 2.26. The highest BCUT2D eigenvalue weighted by Gasteiger charge is 2.30. The Morgan fingerprint density at radius 2 is 2.57 bits per heavy atom. The number of rotatable bonds is 3. The first kappa shape index (κ1) is 14.0. The Morgan fingerprint density at radius 3 is 3.29 bits per heavy atom. The van der Waals surface area contributed by atoms with Crippen LogP contribution in [0.5, 0.6) is 0 Å². The summed E-state index contributed by atoms with van der Waals surface area (Å²) in [5.74, 6) is 0. The predicted molar refractivity (Wildman–Crippen MR) is 77.9 cm³/mol. The minimum Gasteiger partial charge on any atom is -0.377 e. The van der Waals surface area contributed by atoms with Gasteiger partial charge in [0.2, 0.25) is 0 Å². The zero-order valence-electron chi connectivity index (χ0n) is 11.7. The van der Waals surface area contributed by atoms with E-state index in [2.05, 4.69) is 20.5 Å². The molecule has 8 heteroatoms. The van der Waals surface area contributed by atoms with Gasteiger partial charge in [-0.2, -0.15) is 5.10 Å². The molecule has 3 rings (SSSR count). The number of amides is 2. The first-order valence-corrected chi connectivity index (χ1v) is 7.64. The normalized spacial score (nSPS) is 18.7. The van der Waals surface area contributed by atoms with Crippen LogP contribution in [0.25, 0.3) is 0 Å². The molecule has 0 spiro atoms. The van der Waals surface area contributed by atoms with Gasteiger partial charge in [-0.15, -0.1) is 11.3 Å². The van der Waals surface area contributed by atoms with Gasteiger partial charge < -0.3 is 15.0 Å². The van der Waals surface area contributed by atoms with Gasteiger partial charge in [-0.3, -0.25) is 5.10 Å². The number of carbonyl (C=O) groups excluding carboxylic acids is 1. The Bertz CT molecular complexity index is 597. The lowest BCUT2D eigenvalue weighted by molar-refractivity contribution is 0.0114. The van der Waals surface area contributed by atoms with Crippen LogP contribution in [-0.2, 0) is 11.3 Å². The molecule has 0 aromatic carbocycles. The van der Waals surface area contributed by atoms with Crippen LogP contribution in [0.4, 0.5) is 4.79 Å². The number of aromatic amines is 1. The summed E-state index contributed by atoms with van der Waals surface area (Å²) >= 11 is 1.56. The number of thiazole rings is 1. The van der Waals surface area contributed by atoms with E-state index in [-0.39, 0.29) is 12.1 Å². The zero-order chi connectivity index (χ0) is 14.7. The number of urea groups is 1. The average molecular weight is 307 g/mol. The fraction of sp³-hybridized carbons (Fsp3) is 0.462. The molecular formula is C13H17N5O2S. The van der Waals surface area contributed by atoms with Crippen molar-refractivity contribution in [2.75, 3.05) is 19.8 Å². The van der Waals surface area contributed by atoms with E-state index < -0.39 is 0 Å². The number of hydrogen-bond donors (Lipinski definition) is 2. The second-order valence-corrected chi connectivity index (χ2v) is 5.74. The summed E-state index contributed by atoms with van der Waals surface area (Å²) in [6.45, 7) is 3.99. The van der Waals surface area contributed by atoms with E-state index in [1.165, 1.54) is 0 Å². The Hall–Kier alpha value is -1.93. The molecular weight excluding hydrogens is 290 g/mol. The van der Waals surface area contributed by atoms with E-state index in [4.69, 9.17) is 4.74 Å². The minimum atomic E-state index is -0.112. The molecule has 1 aliphatic rings. The van der Waals surface area contributed by atoms with Crippen LogP contribution in [0.1, 0.15) is 22.4 Å². The molecule has 2 N–H and O–H groups in total. The molecule has 0 aliphatic carbocycles. The molecule has 2 aromatic rings. The number of ether oxygens (including phenoxy) is 1. The van der Waals surface area contributed by atoms with E-state index in [1.807, 2.05) is 18.4 Å². The number of morpholine rings is 1. The fourth-order valence-corrected chi connectivity index (χ4v) is 3.13. The molecule has 0 radical (unpaired) electrons. The summed E-state index contributed by atoms with van der Waals surface area (Å²) in [6, 6.07) is 1.62. The Balaban J connectivity index is 1.67. The van der Waals surface area contributed by atoms with Crippen molar-refractivity contribution in [3.63, 3.8) is 0 Å². The highest BCUT2D eigenvalue weighted by atomic mass is 32.1. The van der Waals surface area contributed by atoms with Gasteiger partial charge in [0.15, 0.2) is 0 Å². The molecule has 2 amide bonds. The smallest absolute Gasteiger partial charge is 0.318 e. The van der Waals surface area contributed by atoms with E-state index in [1.54, 1.807) is 22.4 Å². The lowest BCUT2D eigenvalue weighted by Crippen LogP contribution is -2.47. The van der Waals surface area contributed by atoms with Gasteiger partial charge in [0.05, 0.1) is 25.5 Å². The Morgan fingerprint density at radius 1 is 1.67 bits per heavy atom. The van der Waals surface area contributed by atoms with E-state index in [0.717, 1.165) is 16.4 Å². The Labute approximate surface area is 126 Å². The lowest BCUT2D eigenvalue weighted by Gasteiger charge is -2.34. The Kier molecular flexibility index (Phi) is 4.16. The van der Waals surface area contributed by atoms with Crippen molar-refractivity contribution in [1.82, 2.24) is 25.4 Å². The predicted octanol–water partition coefficient (Wildman–Crippen LogP) is 1.46. The molecule has 7 nitrogen and oxygen atoms in total. The molecule has 0 saturated carbocycles. The van der Waals surface area contributed by atoms with Crippen molar-refractivity contribution in [1.29, 1.82) is 0 Å². The van der Waals surface area contributed by atoms with E-state index in [0.29, 0.717) is 26.3 Å². The van der Waals surface area contributed by atoms with Crippen molar-refractivity contribution < 1.29 is 9.53 Å². The van der Waals surface area contributed by atoms with Crippen molar-refractivity contribution in [2.45, 2.75) is 19.5 Å². The van der Waals surface area contributed by atoms with Crippen LogP contribution in [0, 0.1) is 6.92 Å². The summed E-state index contributed by atoms with van der Waals surface area (Å²) in [5.41, 5.74) is 1.84. The molecule has 112 valence electrons. The largest absolute Gasteiger partial charge is 0.377 e. The third kappa shape index (κ3) is 3.22. The maximum atomic E-state index is 12.4. The van der Waals surface area contributed by atoms with Gasteiger partial charge in [-0.05, 0) is 13.0 Å². The zero-order valence-corrected chi connectivity index (χ0v) is 12.5. The maximum absolute atomic E-state index is 12.4. The molecule has 2 aromatic heterocycles. The monoisotopic (exact) mass is 307 g/mol. The highest BCUT2D eigenvalue weighted by molar-refractivity contribution is 7.09. The van der Waals surface area contributed by atoms with Crippen LogP contribution in [0.15, 0.2) is 17.6 Å². The van der Waals surface area contributed by atoms with Crippen molar-refractivity contribution in [3.05, 3.63) is 34.0 Å². The molecule has 1 saturated heterocycles. The van der Waals surface area contributed by atoms with Gasteiger partial charge in [-0.25, -0.2) is 9.78 Å². The van der Waals surface area contributed by atoms with Gasteiger partial charge >= 0.3 is 6.03 Å². The van der Waals surface area contributed by atoms with Crippen LogP contribution < -0.4 is 5.32 Å². The molecule has 1 aliphatic heterocycles. The molecule has 0 bridgehead atoms. The number of nitrogens with zero attached hydrogens (tertiary/aromatic N) is 3. The maximum Gasteiger partial charge on any atom is 0.318 e. The molecule has 3 heterocycles. The molecule has 1 atom stereocenters. The van der Waals surface area contributed by atoms with Crippen LogP contribution in [0.3, 0.4) is 0 Å². The number of H-pyrrole nitrogens is 1. The summed E-state index contributed by atoms with van der Waals surface area (Å²) in [6.07, 6.45) is 1.66. The summed E-state index contributed by atoms with van der Waals surface area (Å²) < 4.78 is 5.51. The van der Waals surface area contributed by atoms with Crippen LogP contribution in [-0.4, -0.2) is 45.9 Å². The van der Waals surface area contributed by atoms with Crippen molar-refractivity contribution >= 4 is 17.4 Å². The third-order valence-corrected chi connectivity index (χ3v) is 4.36. The second-order valence-electron chi connectivity index (χ2n) is 4.85. The molecule has 0 unspecified atom stereocenters. The molecule has 21 heavy (non-hydrogen) atoms. The number of carbonyl (C=O) groups is 1. The number of aromatic nitrogens is 3. The SMILES string of the molecule is Cc1csc([C@@H]2COCCN2C(=O)NCc2ccn[nH]2)n1. The lowest BCUT2D eigenvalue weighted by atomic mass is 10.2. The number of aryl methyl sites for hydroxylation is 1. The summed E-state index contributed by atoms with van der Waals surface area (Å²) in [5, 5.41) is 12.5. The van der Waals surface area contributed by atoms with Crippen LogP contribution >= 0.6 is 11.3 Å². The fourth-order valence-electron chi connectivity index (χ4n) is 2.23. The van der Waals surface area contributed by atoms with Gasteiger partial charge in [0, 0.05) is 23.8 Å². The summed E-state index contributed by atoms with van der Waals surface area (Å²) in [4.78, 5) is 18.7. The van der Waals surface area contributed by atoms with E-state index >= 15 is 0 Å². The quantitative estimate of drug-likeness (QED) is 0.899. The van der Waals surface area contributed by atoms with Crippen LogP contribution in [0.2, 0.25) is 0 Å². The average Bonchev–Trinajstić information content (AvgIpc) is 3.16.